The van der Waals surface area contributed by atoms with Crippen molar-refractivity contribution < 1.29 is 16.8 Å². The first kappa shape index (κ1) is 11.3. The number of hydrogen-bond acceptors (Lipinski definition) is 2. The van der Waals surface area contributed by atoms with Gasteiger partial charge in [0.1, 0.15) is 5.78 Å². The lowest BCUT2D eigenvalue weighted by Crippen LogP contribution is -2.54. The Morgan fingerprint density at radius 1 is 1.09 bits per heavy atom. The van der Waals surface area contributed by atoms with Crippen LogP contribution in [0.15, 0.2) is 0 Å². The Bertz CT molecular complexity index is 692. The Kier molecular flexibility index (Phi) is 2.61. The molecule has 4 rings (SSSR count). The highest BCUT2D eigenvalue weighted by Crippen LogP contribution is 2.67. The summed E-state index contributed by atoms with van der Waals surface area (Å²) in [6.45, 7) is 5.99. The summed E-state index contributed by atoms with van der Waals surface area (Å²) < 4.78 is 42.0. The maximum Gasteiger partial charge on any atom is 0.133 e. The van der Waals surface area contributed by atoms with Gasteiger partial charge in [-0.15, -0.1) is 0 Å². The second kappa shape index (κ2) is 5.31. The largest absolute Gasteiger partial charge is 0.393 e. The molecular weight excluding hydrogens is 284 g/mol. The van der Waals surface area contributed by atoms with E-state index < -0.39 is 30.2 Å². The maximum atomic E-state index is 12.3. The monoisotopic (exact) mass is 323 g/mol. The molecule has 4 unspecified atom stereocenters. The average molecular weight is 324 g/mol. The van der Waals surface area contributed by atoms with Crippen LogP contribution < -0.4 is 0 Å². The minimum Gasteiger partial charge on any atom is -0.393 e. The van der Waals surface area contributed by atoms with Crippen molar-refractivity contribution in [3.8, 4) is 0 Å². The van der Waals surface area contributed by atoms with Crippen LogP contribution in [0.5, 0.6) is 0 Å². The van der Waals surface area contributed by atoms with Crippen LogP contribution in [0.1, 0.15) is 85.3 Å². The van der Waals surface area contributed by atoms with Gasteiger partial charge in [0.25, 0.3) is 0 Å². The third-order valence-corrected chi connectivity index (χ3v) is 8.31. The summed E-state index contributed by atoms with van der Waals surface area (Å²) in [5.74, 6) is 0.900. The van der Waals surface area contributed by atoms with Crippen molar-refractivity contribution in [1.29, 1.82) is 0 Å². The van der Waals surface area contributed by atoms with Gasteiger partial charge in [0.15, 0.2) is 0 Å². The molecular formula is C21H34O2. The number of rotatable bonds is 1. The lowest BCUT2D eigenvalue weighted by atomic mass is 9.44. The molecule has 0 aromatic rings. The minimum atomic E-state index is -2.73. The number of aliphatic hydroxyl groups is 1. The molecule has 4 saturated carbocycles. The Balaban J connectivity index is 1.72. The number of ketones is 1. The summed E-state index contributed by atoms with van der Waals surface area (Å²) in [4.78, 5) is 12.3. The fraction of sp³-hybridized carbons (Fsp3) is 0.952. The highest BCUT2D eigenvalue weighted by molar-refractivity contribution is 5.79. The van der Waals surface area contributed by atoms with E-state index in [9.17, 15) is 9.90 Å². The summed E-state index contributed by atoms with van der Waals surface area (Å²) in [7, 11) is 0. The highest BCUT2D eigenvalue weighted by Gasteiger charge is 2.60. The SMILES string of the molecule is [2H]C1([2H])C[C@]2(C)C3CC[C@]4(C)C(C(C)=O)CCC4C3CC[C@H]2C([2H])([2H])[C@]1([2H])O. The standard InChI is InChI=1S/C21H34O2/c1-13(22)17-6-7-18-16-5-4-14-12-15(23)8-10-20(14,2)19(16)9-11-21(17,18)3/h14-19,23H,4-12H2,1-3H3/t14-,15+,16?,17?,18?,19?,20-,21+/m0/s1/i8D2,12D2,15D. The van der Waals surface area contributed by atoms with E-state index >= 15 is 0 Å². The zero-order valence-corrected chi connectivity index (χ0v) is 14.7. The van der Waals surface area contributed by atoms with Crippen molar-refractivity contribution in [2.75, 3.05) is 0 Å². The van der Waals surface area contributed by atoms with Crippen molar-refractivity contribution >= 4 is 5.78 Å². The fourth-order valence-electron chi connectivity index (χ4n) is 7.11. The normalized spacial score (nSPS) is 66.4. The molecule has 8 atom stereocenters. The smallest absolute Gasteiger partial charge is 0.133 e. The Morgan fingerprint density at radius 2 is 1.83 bits per heavy atom. The van der Waals surface area contributed by atoms with Gasteiger partial charge >= 0.3 is 0 Å². The molecule has 0 bridgehead atoms. The molecule has 0 aromatic carbocycles. The molecule has 4 aliphatic carbocycles. The Labute approximate surface area is 148 Å². The van der Waals surface area contributed by atoms with Gasteiger partial charge < -0.3 is 5.11 Å². The van der Waals surface area contributed by atoms with Gasteiger partial charge in [-0.25, -0.2) is 0 Å². The number of fused-ring (bicyclic) bond motifs is 5. The summed E-state index contributed by atoms with van der Waals surface area (Å²) in [5, 5.41) is 10.5. The zero-order valence-electron chi connectivity index (χ0n) is 19.7. The average Bonchev–Trinajstić information content (AvgIpc) is 2.90. The van der Waals surface area contributed by atoms with Crippen molar-refractivity contribution in [1.82, 2.24) is 0 Å². The predicted octanol–water partition coefficient (Wildman–Crippen LogP) is 4.60. The van der Waals surface area contributed by atoms with E-state index in [1.54, 1.807) is 6.92 Å². The van der Waals surface area contributed by atoms with Crippen molar-refractivity contribution in [2.45, 2.75) is 84.5 Å². The van der Waals surface area contributed by atoms with Crippen LogP contribution in [-0.2, 0) is 4.79 Å². The van der Waals surface area contributed by atoms with Gasteiger partial charge in [0, 0.05) is 11.4 Å². The van der Waals surface area contributed by atoms with Crippen LogP contribution in [0.25, 0.3) is 0 Å². The van der Waals surface area contributed by atoms with Crippen LogP contribution in [0, 0.1) is 40.4 Å². The third kappa shape index (κ3) is 2.19. The number of hydrogen-bond donors (Lipinski definition) is 1. The van der Waals surface area contributed by atoms with Crippen LogP contribution in [0.4, 0.5) is 0 Å². The summed E-state index contributed by atoms with van der Waals surface area (Å²) in [6.07, 6.45) is -2.04. The Hall–Kier alpha value is -0.370. The number of Topliss-reactive ketones (excluding diaryl/α,β-unsaturated/α-hetero) is 1. The molecule has 2 heteroatoms. The van der Waals surface area contributed by atoms with Crippen molar-refractivity contribution in [3.05, 3.63) is 0 Å². The maximum absolute atomic E-state index is 12.3. The van der Waals surface area contributed by atoms with Crippen LogP contribution in [0.3, 0.4) is 0 Å². The lowest BCUT2D eigenvalue weighted by Gasteiger charge is -2.60. The molecule has 1 N–H and O–H groups in total. The van der Waals surface area contributed by atoms with Gasteiger partial charge in [0.05, 0.1) is 7.45 Å². The van der Waals surface area contributed by atoms with Crippen LogP contribution >= 0.6 is 0 Å². The van der Waals surface area contributed by atoms with Gasteiger partial charge in [-0.3, -0.25) is 4.79 Å². The molecule has 4 aliphatic rings. The number of carbonyl (C=O) groups is 1. The highest BCUT2D eigenvalue weighted by atomic mass is 16.3. The van der Waals surface area contributed by atoms with E-state index in [4.69, 9.17) is 6.85 Å². The first-order valence-electron chi connectivity index (χ1n) is 11.9. The fourth-order valence-corrected chi connectivity index (χ4v) is 7.11. The van der Waals surface area contributed by atoms with Gasteiger partial charge in [-0.2, -0.15) is 0 Å². The van der Waals surface area contributed by atoms with Crippen molar-refractivity contribution in [2.24, 2.45) is 40.4 Å². The molecule has 0 spiro atoms. The zero-order chi connectivity index (χ0) is 20.9. The molecule has 0 aromatic heterocycles. The van der Waals surface area contributed by atoms with E-state index in [0.717, 1.165) is 32.1 Å². The molecule has 23 heavy (non-hydrogen) atoms. The first-order valence-corrected chi connectivity index (χ1v) is 9.43. The predicted molar refractivity (Wildman–Crippen MR) is 91.9 cm³/mol. The van der Waals surface area contributed by atoms with Crippen molar-refractivity contribution in [3.63, 3.8) is 0 Å². The first-order chi connectivity index (χ1) is 12.7. The molecule has 0 saturated heterocycles. The molecule has 2 nitrogen and oxygen atoms in total. The van der Waals surface area contributed by atoms with Gasteiger partial charge in [-0.05, 0) is 99.1 Å². The van der Waals surface area contributed by atoms with E-state index in [0.29, 0.717) is 18.3 Å². The molecule has 0 heterocycles. The van der Waals surface area contributed by atoms with E-state index in [1.165, 1.54) is 0 Å². The molecule has 0 amide bonds. The summed E-state index contributed by atoms with van der Waals surface area (Å²) in [5.41, 5.74) is -0.558. The number of carbonyl (C=O) groups excluding carboxylic acids is 1. The van der Waals surface area contributed by atoms with Gasteiger partial charge in [0.2, 0.25) is 0 Å². The molecule has 0 aliphatic heterocycles. The molecule has 130 valence electrons. The lowest BCUT2D eigenvalue weighted by molar-refractivity contribution is -0.138. The third-order valence-electron chi connectivity index (χ3n) is 8.31. The van der Waals surface area contributed by atoms with Crippen LogP contribution in [-0.4, -0.2) is 17.0 Å². The quantitative estimate of drug-likeness (QED) is 0.766. The molecule has 4 fully saturated rings. The minimum absolute atomic E-state index is 0.0130. The summed E-state index contributed by atoms with van der Waals surface area (Å²) >= 11 is 0. The van der Waals surface area contributed by atoms with E-state index in [2.05, 4.69) is 6.92 Å². The van der Waals surface area contributed by atoms with Crippen LogP contribution in [0.2, 0.25) is 0 Å². The van der Waals surface area contributed by atoms with E-state index in [-0.39, 0.29) is 29.5 Å². The summed E-state index contributed by atoms with van der Waals surface area (Å²) in [6, 6.07) is 0. The van der Waals surface area contributed by atoms with Gasteiger partial charge in [-0.1, -0.05) is 13.8 Å². The van der Waals surface area contributed by atoms with E-state index in [1.807, 2.05) is 6.92 Å². The second-order valence-corrected chi connectivity index (χ2v) is 9.14. The topological polar surface area (TPSA) is 37.3 Å². The second-order valence-electron chi connectivity index (χ2n) is 9.14. The Morgan fingerprint density at radius 3 is 2.57 bits per heavy atom. The molecule has 0 radical (unpaired) electrons.